The van der Waals surface area contributed by atoms with Crippen molar-refractivity contribution >= 4 is 183 Å². The third-order valence-electron chi connectivity index (χ3n) is 23.6. The zero-order chi connectivity index (χ0) is 102. The molecule has 1 rings (SSSR count). The Balaban J connectivity index is 3.48. The lowest BCUT2D eigenvalue weighted by atomic mass is 10.1. The second-order valence-electron chi connectivity index (χ2n) is 36.3. The number of rotatable bonds is 111. The summed E-state index contributed by atoms with van der Waals surface area (Å²) in [6, 6.07) is 3.96. The third-order valence-corrected chi connectivity index (χ3v) is 38.3. The Kier molecular flexibility index (Phi) is 107. The number of hydrogen-bond donors (Lipinski definition) is 0. The topological polar surface area (TPSA) is 246 Å². The summed E-state index contributed by atoms with van der Waals surface area (Å²) in [5.41, 5.74) is -0.326. The highest BCUT2D eigenvalue weighted by Crippen LogP contribution is 2.30. The predicted molar refractivity (Wildman–Crippen MR) is 619 cm³/mol. The Bertz CT molecular complexity index is 2620. The third kappa shape index (κ3) is 96.6. The number of carbonyl (C=O) groups excluding carboxylic acids is 9. The molecule has 0 saturated heterocycles. The summed E-state index contributed by atoms with van der Waals surface area (Å²) in [5.74, 6) is 5.89. The van der Waals surface area contributed by atoms with Crippen LogP contribution in [0, 0.1) is 0 Å². The second kappa shape index (κ2) is 110. The fourth-order valence-electron chi connectivity index (χ4n) is 15.1. The van der Waals surface area contributed by atoms with Gasteiger partial charge >= 0.3 is 53.7 Å². The van der Waals surface area contributed by atoms with Gasteiger partial charge in [0.2, 0.25) is 0 Å². The van der Waals surface area contributed by atoms with Gasteiger partial charge in [-0.15, -0.1) is 0 Å². The molecule has 822 valence electrons. The van der Waals surface area contributed by atoms with Crippen LogP contribution in [-0.2, 0) is 71.4 Å². The first-order valence-corrected chi connectivity index (χ1v) is 70.4. The van der Waals surface area contributed by atoms with Gasteiger partial charge in [0.25, 0.3) is 0 Å². The van der Waals surface area contributed by atoms with Crippen LogP contribution in [0.5, 0.6) is 0 Å². The highest BCUT2D eigenvalue weighted by molar-refractivity contribution is 8.78. The molecule has 21 nitrogen and oxygen atoms in total. The Morgan fingerprint density at radius 2 is 0.312 bits per heavy atom. The van der Waals surface area contributed by atoms with Crippen LogP contribution in [0.1, 0.15) is 439 Å². The van der Waals surface area contributed by atoms with Crippen LogP contribution >= 0.6 is 130 Å². The van der Waals surface area contributed by atoms with E-state index >= 15 is 0 Å². The van der Waals surface area contributed by atoms with Crippen LogP contribution in [0.3, 0.4) is 0 Å². The lowest BCUT2D eigenvalue weighted by molar-refractivity contribution is -0.145. The van der Waals surface area contributed by atoms with Crippen molar-refractivity contribution in [3.05, 3.63) is 34.9 Å². The first-order chi connectivity index (χ1) is 69.2. The van der Waals surface area contributed by atoms with Gasteiger partial charge in [-0.2, -0.15) is 0 Å². The molecule has 0 N–H and O–H groups in total. The highest BCUT2D eigenvalue weighted by atomic mass is 33.1. The van der Waals surface area contributed by atoms with Gasteiger partial charge in [0.15, 0.2) is 0 Å². The summed E-state index contributed by atoms with van der Waals surface area (Å²) in [6.07, 6.45) is 62.4. The van der Waals surface area contributed by atoms with Crippen LogP contribution in [0.4, 0.5) is 0 Å². The van der Waals surface area contributed by atoms with E-state index in [9.17, 15) is 43.2 Å². The van der Waals surface area contributed by atoms with Crippen LogP contribution in [0.25, 0.3) is 0 Å². The molecular weight excluding hydrogens is 2010 g/mol. The Hall–Kier alpha value is -1.47. The van der Waals surface area contributed by atoms with Gasteiger partial charge in [0.05, 0.1) is 75.0 Å². The van der Waals surface area contributed by atoms with Crippen molar-refractivity contribution in [1.82, 2.24) is 14.7 Å². The molecular formula is C108H195N3O18S12. The zero-order valence-electron chi connectivity index (χ0n) is 88.8. The van der Waals surface area contributed by atoms with Crippen LogP contribution in [-0.4, -0.2) is 256 Å². The molecule has 0 saturated carbocycles. The molecule has 0 aromatic heterocycles. The van der Waals surface area contributed by atoms with E-state index in [1.54, 1.807) is 64.8 Å². The number of nitrogens with zero attached hydrogens (tertiary/aromatic N) is 3. The number of esters is 9. The largest absolute Gasteiger partial charge is 0.465 e. The van der Waals surface area contributed by atoms with Crippen molar-refractivity contribution in [3.8, 4) is 0 Å². The highest BCUT2D eigenvalue weighted by Gasteiger charge is 2.23. The average molecular weight is 2210 g/mol. The van der Waals surface area contributed by atoms with Crippen LogP contribution in [0.2, 0.25) is 0 Å². The van der Waals surface area contributed by atoms with E-state index < -0.39 is 17.9 Å². The first-order valence-electron chi connectivity index (χ1n) is 55.4. The smallest absolute Gasteiger partial charge is 0.338 e. The molecule has 1 aromatic carbocycles. The second-order valence-corrected chi connectivity index (χ2v) is 52.5. The van der Waals surface area contributed by atoms with Crippen LogP contribution in [0.15, 0.2) is 18.2 Å². The Morgan fingerprint density at radius 3 is 0.468 bits per heavy atom. The number of carbonyl (C=O) groups is 9. The maximum atomic E-state index is 14.4. The number of unbranched alkanes of at least 4 members (excludes halogenated alkanes) is 42. The van der Waals surface area contributed by atoms with Crippen molar-refractivity contribution in [2.45, 2.75) is 408 Å². The summed E-state index contributed by atoms with van der Waals surface area (Å²) in [7, 11) is 21.2. The fraction of sp³-hybridized carbons (Fsp3) is 0.861. The van der Waals surface area contributed by atoms with Crippen LogP contribution < -0.4 is 0 Å². The molecule has 0 heterocycles. The van der Waals surface area contributed by atoms with E-state index in [0.717, 1.165) is 34.5 Å². The van der Waals surface area contributed by atoms with E-state index in [1.165, 1.54) is 326 Å². The quantitative estimate of drug-likeness (QED) is 0.0254. The molecule has 33 heteroatoms. The average Bonchev–Trinajstić information content (AvgIpc) is 0.824. The molecule has 0 fully saturated rings. The van der Waals surface area contributed by atoms with E-state index in [0.29, 0.717) is 113 Å². The van der Waals surface area contributed by atoms with Gasteiger partial charge in [-0.3, -0.25) is 28.8 Å². The zero-order valence-corrected chi connectivity index (χ0v) is 98.6. The number of hydrogen-bond acceptors (Lipinski definition) is 33. The standard InChI is InChI=1S/C108H195N3O18S12/c1-7-13-19-25-31-37-43-49-82-130-136-88-76-121-100(112)58-67-109(68-59-101(113)122-77-89-137-131-83-50-44-38-32-26-20-14-8-2)64-55-73-127-106(118)97-94-98(107(119)128-74-56-65-110(69-60-102(114)123-78-90-138-132-84-51-45-39-33-27-21-15-9-3)70-61-103(115)124-79-91-139-133-85-52-46-40-34-28-22-16-10-4)96-99(95-97)108(120)129-75-57-66-111(71-62-104(116)125-80-92-140-134-86-53-47-41-35-29-23-17-11-5)72-63-105(117)126-81-93-141-135-87-54-48-42-36-30-24-18-12-6/h94-96H,7-93H2,1-6H3. The summed E-state index contributed by atoms with van der Waals surface area (Å²) in [6.45, 7) is 17.7. The van der Waals surface area contributed by atoms with Gasteiger partial charge in [-0.25, -0.2) is 14.4 Å². The molecule has 1 aromatic rings. The predicted octanol–water partition coefficient (Wildman–Crippen LogP) is 31.0. The summed E-state index contributed by atoms with van der Waals surface area (Å²) in [4.78, 5) is 128. The molecule has 0 atom stereocenters. The summed E-state index contributed by atoms with van der Waals surface area (Å²) >= 11 is 0. The van der Waals surface area contributed by atoms with Crippen molar-refractivity contribution < 1.29 is 85.8 Å². The minimum absolute atomic E-state index is 0.0868. The van der Waals surface area contributed by atoms with E-state index in [1.807, 2.05) is 79.5 Å². The van der Waals surface area contributed by atoms with Crippen molar-refractivity contribution in [2.24, 2.45) is 0 Å². The molecule has 0 amide bonds. The molecule has 0 aliphatic heterocycles. The molecule has 0 aliphatic carbocycles. The van der Waals surface area contributed by atoms with E-state index in [2.05, 4.69) is 41.5 Å². The van der Waals surface area contributed by atoms with Gasteiger partial charge < -0.3 is 57.3 Å². The molecule has 0 spiro atoms. The van der Waals surface area contributed by atoms with Gasteiger partial charge in [-0.1, -0.05) is 441 Å². The van der Waals surface area contributed by atoms with Gasteiger partial charge in [0.1, 0.15) is 39.6 Å². The lowest BCUT2D eigenvalue weighted by Crippen LogP contribution is -2.31. The minimum atomic E-state index is -0.822. The SMILES string of the molecule is CCCCCCCCCCSSCCOC(=O)CCN(CCCOC(=O)c1cc(C(=O)OCCCN(CCC(=O)OCCSSCCCCCCCCCC)CCC(=O)OCCSSCCCCCCCCCC)cc(C(=O)OCCCN(CCC(=O)OCCSSCCCCCCCCCC)CCC(=O)OCCSSCCCCCCCCCC)c1)CCC(=O)OCCSSCCCCCCCCCC. The summed E-state index contributed by atoms with van der Waals surface area (Å²) in [5, 5.41) is 0. The van der Waals surface area contributed by atoms with Crippen molar-refractivity contribution in [1.29, 1.82) is 0 Å². The fourth-order valence-corrected chi connectivity index (χ4v) is 27.0. The number of benzene rings is 1. The monoisotopic (exact) mass is 2210 g/mol. The van der Waals surface area contributed by atoms with Gasteiger partial charge in [-0.05, 0) is 76.0 Å². The summed E-state index contributed by atoms with van der Waals surface area (Å²) < 4.78 is 51.8. The molecule has 0 radical (unpaired) electrons. The molecule has 141 heavy (non-hydrogen) atoms. The Morgan fingerprint density at radius 1 is 0.170 bits per heavy atom. The molecule has 0 unspecified atom stereocenters. The minimum Gasteiger partial charge on any atom is -0.465 e. The van der Waals surface area contributed by atoms with E-state index in [-0.39, 0.29) is 150 Å². The van der Waals surface area contributed by atoms with Crippen molar-refractivity contribution in [2.75, 3.05) is 187 Å². The Labute approximate surface area is 905 Å². The van der Waals surface area contributed by atoms with Gasteiger partial charge in [0, 0.05) is 128 Å². The molecule has 0 bridgehead atoms. The normalized spacial score (nSPS) is 11.5. The maximum Gasteiger partial charge on any atom is 0.338 e. The first kappa shape index (κ1) is 138. The molecule has 0 aliphatic rings. The lowest BCUT2D eigenvalue weighted by Gasteiger charge is -2.22. The number of ether oxygens (including phenoxy) is 9. The maximum absolute atomic E-state index is 14.4. The van der Waals surface area contributed by atoms with Crippen molar-refractivity contribution in [3.63, 3.8) is 0 Å². The van der Waals surface area contributed by atoms with E-state index in [4.69, 9.17) is 42.6 Å².